The van der Waals surface area contributed by atoms with Gasteiger partial charge in [-0.15, -0.1) is 0 Å². The first-order chi connectivity index (χ1) is 16.1. The highest BCUT2D eigenvalue weighted by atomic mass is 32.2. The minimum absolute atomic E-state index is 0.0900. The standard InChI is InChI=1S/C24H24N2O7S/c1-15(27)18-8-5-9-20(12-18)25-22(29)14-33-24(30)23(16(2)28)26-34(31,32)21-11-10-17-6-3-4-7-19(17)13-21/h3-13,16,23,26,28H,14H2,1-2H3,(H,25,29)/t16-,23+/m1/s1. The third-order valence-electron chi connectivity index (χ3n) is 4.95. The number of amides is 1. The van der Waals surface area contributed by atoms with Crippen molar-refractivity contribution in [3.05, 3.63) is 72.3 Å². The molecule has 0 bridgehead atoms. The summed E-state index contributed by atoms with van der Waals surface area (Å²) in [7, 11) is -4.18. The largest absolute Gasteiger partial charge is 0.454 e. The van der Waals surface area contributed by atoms with Crippen molar-refractivity contribution in [3.8, 4) is 0 Å². The Labute approximate surface area is 196 Å². The van der Waals surface area contributed by atoms with Gasteiger partial charge in [0.1, 0.15) is 6.04 Å². The molecule has 9 nitrogen and oxygen atoms in total. The first-order valence-corrected chi connectivity index (χ1v) is 11.8. The van der Waals surface area contributed by atoms with Gasteiger partial charge < -0.3 is 15.2 Å². The molecule has 34 heavy (non-hydrogen) atoms. The van der Waals surface area contributed by atoms with Gasteiger partial charge in [-0.25, -0.2) is 8.42 Å². The summed E-state index contributed by atoms with van der Waals surface area (Å²) in [4.78, 5) is 36.0. The minimum Gasteiger partial charge on any atom is -0.454 e. The van der Waals surface area contributed by atoms with Crippen LogP contribution in [0.3, 0.4) is 0 Å². The zero-order chi connectivity index (χ0) is 24.9. The van der Waals surface area contributed by atoms with E-state index < -0.39 is 40.7 Å². The van der Waals surface area contributed by atoms with Crippen LogP contribution in [0.25, 0.3) is 10.8 Å². The predicted octanol–water partition coefficient (Wildman–Crippen LogP) is 2.25. The van der Waals surface area contributed by atoms with Crippen LogP contribution in [0.2, 0.25) is 0 Å². The molecule has 0 aliphatic carbocycles. The third kappa shape index (κ3) is 6.25. The van der Waals surface area contributed by atoms with Gasteiger partial charge in [-0.1, -0.05) is 42.5 Å². The normalized spacial score (nSPS) is 13.1. The molecule has 0 heterocycles. The van der Waals surface area contributed by atoms with Gasteiger partial charge in [0.2, 0.25) is 10.0 Å². The van der Waals surface area contributed by atoms with Crippen molar-refractivity contribution < 1.29 is 32.6 Å². The highest BCUT2D eigenvalue weighted by molar-refractivity contribution is 7.89. The van der Waals surface area contributed by atoms with Crippen molar-refractivity contribution >= 4 is 44.1 Å². The molecule has 10 heteroatoms. The number of hydrogen-bond donors (Lipinski definition) is 3. The fraction of sp³-hybridized carbons (Fsp3) is 0.208. The number of rotatable bonds is 9. The summed E-state index contributed by atoms with van der Waals surface area (Å²) >= 11 is 0. The van der Waals surface area contributed by atoms with Crippen molar-refractivity contribution in [3.63, 3.8) is 0 Å². The number of carbonyl (C=O) groups is 3. The molecule has 178 valence electrons. The second-order valence-electron chi connectivity index (χ2n) is 7.64. The molecule has 1 amide bonds. The zero-order valence-electron chi connectivity index (χ0n) is 18.5. The lowest BCUT2D eigenvalue weighted by Gasteiger charge is -2.20. The van der Waals surface area contributed by atoms with E-state index in [1.165, 1.54) is 32.0 Å². The van der Waals surface area contributed by atoms with Crippen molar-refractivity contribution in [2.24, 2.45) is 0 Å². The maximum atomic E-state index is 12.8. The number of anilines is 1. The third-order valence-corrected chi connectivity index (χ3v) is 6.39. The van der Waals surface area contributed by atoms with Crippen molar-refractivity contribution in [1.82, 2.24) is 4.72 Å². The Morgan fingerprint density at radius 3 is 2.35 bits per heavy atom. The monoisotopic (exact) mass is 484 g/mol. The molecule has 0 aromatic heterocycles. The van der Waals surface area contributed by atoms with Crippen LogP contribution in [0, 0.1) is 0 Å². The van der Waals surface area contributed by atoms with E-state index in [0.29, 0.717) is 16.6 Å². The van der Waals surface area contributed by atoms with Gasteiger partial charge in [-0.2, -0.15) is 4.72 Å². The van der Waals surface area contributed by atoms with E-state index in [1.54, 1.807) is 36.4 Å². The van der Waals surface area contributed by atoms with E-state index in [-0.39, 0.29) is 10.7 Å². The summed E-state index contributed by atoms with van der Waals surface area (Å²) in [6, 6.07) is 16.2. The number of Topliss-reactive ketones (excluding diaryl/α,β-unsaturated/α-hetero) is 1. The first-order valence-electron chi connectivity index (χ1n) is 10.3. The molecule has 0 aliphatic heterocycles. The Morgan fingerprint density at radius 1 is 0.971 bits per heavy atom. The van der Waals surface area contributed by atoms with Crippen LogP contribution < -0.4 is 10.0 Å². The van der Waals surface area contributed by atoms with Crippen LogP contribution in [0.15, 0.2) is 71.6 Å². The number of aliphatic hydroxyl groups is 1. The maximum absolute atomic E-state index is 12.8. The topological polar surface area (TPSA) is 139 Å². The Bertz CT molecular complexity index is 1340. The highest BCUT2D eigenvalue weighted by Crippen LogP contribution is 2.19. The van der Waals surface area contributed by atoms with Crippen LogP contribution in [-0.2, 0) is 24.3 Å². The number of nitrogens with one attached hydrogen (secondary N) is 2. The van der Waals surface area contributed by atoms with Crippen LogP contribution in [0.1, 0.15) is 24.2 Å². The van der Waals surface area contributed by atoms with Gasteiger partial charge >= 0.3 is 5.97 Å². The van der Waals surface area contributed by atoms with Crippen LogP contribution in [-0.4, -0.2) is 49.9 Å². The molecule has 0 spiro atoms. The van der Waals surface area contributed by atoms with Crippen LogP contribution in [0.5, 0.6) is 0 Å². The number of esters is 1. The molecule has 3 aromatic carbocycles. The van der Waals surface area contributed by atoms with E-state index in [2.05, 4.69) is 10.0 Å². The SMILES string of the molecule is CC(=O)c1cccc(NC(=O)COC(=O)[C@@H](NS(=O)(=O)c2ccc3ccccc3c2)[C@@H](C)O)c1. The lowest BCUT2D eigenvalue weighted by atomic mass is 10.1. The second-order valence-corrected chi connectivity index (χ2v) is 9.36. The van der Waals surface area contributed by atoms with Gasteiger partial charge in [0.15, 0.2) is 12.4 Å². The van der Waals surface area contributed by atoms with Gasteiger partial charge in [-0.3, -0.25) is 14.4 Å². The summed E-state index contributed by atoms with van der Waals surface area (Å²) in [5.74, 6) is -2.00. The smallest absolute Gasteiger partial charge is 0.327 e. The average Bonchev–Trinajstić information content (AvgIpc) is 2.80. The molecule has 3 aromatic rings. The molecule has 0 unspecified atom stereocenters. The molecule has 0 fully saturated rings. The molecular formula is C24H24N2O7S. The Morgan fingerprint density at radius 2 is 1.68 bits per heavy atom. The summed E-state index contributed by atoms with van der Waals surface area (Å²) in [5.41, 5.74) is 0.727. The number of fused-ring (bicyclic) bond motifs is 1. The Kier molecular flexibility index (Phi) is 7.77. The molecule has 0 saturated heterocycles. The predicted molar refractivity (Wildman–Crippen MR) is 126 cm³/mol. The number of sulfonamides is 1. The fourth-order valence-corrected chi connectivity index (χ4v) is 4.45. The zero-order valence-corrected chi connectivity index (χ0v) is 19.3. The highest BCUT2D eigenvalue weighted by Gasteiger charge is 2.31. The van der Waals surface area contributed by atoms with Gasteiger partial charge in [-0.05, 0) is 48.9 Å². The molecule has 3 N–H and O–H groups in total. The van der Waals surface area contributed by atoms with E-state index in [9.17, 15) is 27.9 Å². The number of ether oxygens (including phenoxy) is 1. The van der Waals surface area contributed by atoms with Gasteiger partial charge in [0, 0.05) is 11.3 Å². The maximum Gasteiger partial charge on any atom is 0.327 e. The van der Waals surface area contributed by atoms with Gasteiger partial charge in [0.25, 0.3) is 5.91 Å². The number of aliphatic hydroxyl groups excluding tert-OH is 1. The lowest BCUT2D eigenvalue weighted by molar-refractivity contribution is -0.151. The van der Waals surface area contributed by atoms with E-state index in [1.807, 2.05) is 12.1 Å². The summed E-state index contributed by atoms with van der Waals surface area (Å²) < 4.78 is 32.7. The second kappa shape index (κ2) is 10.6. The van der Waals surface area contributed by atoms with E-state index >= 15 is 0 Å². The van der Waals surface area contributed by atoms with Crippen LogP contribution in [0.4, 0.5) is 5.69 Å². The van der Waals surface area contributed by atoms with E-state index in [0.717, 1.165) is 5.39 Å². The minimum atomic E-state index is -4.18. The molecule has 0 radical (unpaired) electrons. The fourth-order valence-electron chi connectivity index (χ4n) is 3.15. The van der Waals surface area contributed by atoms with Gasteiger partial charge in [0.05, 0.1) is 11.0 Å². The van der Waals surface area contributed by atoms with Crippen molar-refractivity contribution in [1.29, 1.82) is 0 Å². The van der Waals surface area contributed by atoms with Crippen molar-refractivity contribution in [2.75, 3.05) is 11.9 Å². The first kappa shape index (κ1) is 25.0. The summed E-state index contributed by atoms with van der Waals surface area (Å²) in [5, 5.41) is 14.0. The van der Waals surface area contributed by atoms with E-state index in [4.69, 9.17) is 4.74 Å². The molecule has 2 atom stereocenters. The van der Waals surface area contributed by atoms with Crippen molar-refractivity contribution in [2.45, 2.75) is 30.9 Å². The molecule has 0 aliphatic rings. The Hall–Kier alpha value is -3.60. The molecular weight excluding hydrogens is 460 g/mol. The average molecular weight is 485 g/mol. The lowest BCUT2D eigenvalue weighted by Crippen LogP contribution is -2.48. The molecule has 0 saturated carbocycles. The summed E-state index contributed by atoms with van der Waals surface area (Å²) in [6.07, 6.45) is -1.43. The van der Waals surface area contributed by atoms with Crippen LogP contribution >= 0.6 is 0 Å². The number of ketones is 1. The summed E-state index contributed by atoms with van der Waals surface area (Å²) in [6.45, 7) is 1.89. The Balaban J connectivity index is 1.66. The number of hydrogen-bond acceptors (Lipinski definition) is 7. The number of carbonyl (C=O) groups excluding carboxylic acids is 3. The molecule has 3 rings (SSSR count). The quantitative estimate of drug-likeness (QED) is 0.313. The number of benzene rings is 3.